The van der Waals surface area contributed by atoms with Crippen LogP contribution in [-0.2, 0) is 17.5 Å². The summed E-state index contributed by atoms with van der Waals surface area (Å²) >= 11 is 0. The lowest BCUT2D eigenvalue weighted by Crippen LogP contribution is -2.45. The van der Waals surface area contributed by atoms with Gasteiger partial charge in [0, 0.05) is 18.8 Å². The van der Waals surface area contributed by atoms with Gasteiger partial charge < -0.3 is 15.5 Å². The van der Waals surface area contributed by atoms with E-state index in [9.17, 15) is 22.8 Å². The lowest BCUT2D eigenvalue weighted by molar-refractivity contribution is -0.137. The van der Waals surface area contributed by atoms with Crippen LogP contribution in [0, 0.1) is 0 Å². The van der Waals surface area contributed by atoms with E-state index in [-0.39, 0.29) is 12.5 Å². The van der Waals surface area contributed by atoms with Gasteiger partial charge in [0.25, 0.3) is 0 Å². The molecule has 1 saturated heterocycles. The quantitative estimate of drug-likeness (QED) is 0.859. The fourth-order valence-corrected chi connectivity index (χ4v) is 2.93. The molecule has 1 aliphatic heterocycles. The molecule has 0 bridgehead atoms. The maximum atomic E-state index is 12.7. The number of nitrogens with zero attached hydrogens (tertiary/aromatic N) is 1. The predicted molar refractivity (Wildman–Crippen MR) is 94.0 cm³/mol. The van der Waals surface area contributed by atoms with Crippen molar-refractivity contribution in [1.82, 2.24) is 10.6 Å². The second-order valence-corrected chi connectivity index (χ2v) is 6.19. The van der Waals surface area contributed by atoms with Crippen LogP contribution in [0.4, 0.5) is 23.7 Å². The monoisotopic (exact) mass is 377 g/mol. The van der Waals surface area contributed by atoms with Crippen molar-refractivity contribution < 1.29 is 22.8 Å². The van der Waals surface area contributed by atoms with Crippen molar-refractivity contribution in [1.29, 1.82) is 0 Å². The molecule has 0 saturated carbocycles. The summed E-state index contributed by atoms with van der Waals surface area (Å²) in [5, 5.41) is 5.07. The molecule has 8 heteroatoms. The number of para-hydroxylation sites is 1. The maximum Gasteiger partial charge on any atom is 0.416 e. The molecule has 1 atom stereocenters. The van der Waals surface area contributed by atoms with Crippen LogP contribution in [0.1, 0.15) is 17.5 Å². The lowest BCUT2D eigenvalue weighted by atomic mass is 10.1. The number of alkyl halides is 3. The van der Waals surface area contributed by atoms with Gasteiger partial charge in [-0.2, -0.15) is 13.2 Å². The first-order valence-electron chi connectivity index (χ1n) is 8.41. The van der Waals surface area contributed by atoms with Crippen LogP contribution >= 0.6 is 0 Å². The number of halogens is 3. The summed E-state index contributed by atoms with van der Waals surface area (Å²) in [7, 11) is 0. The molecule has 1 aliphatic rings. The van der Waals surface area contributed by atoms with Gasteiger partial charge in [0.1, 0.15) is 6.04 Å². The van der Waals surface area contributed by atoms with Gasteiger partial charge in [-0.1, -0.05) is 30.3 Å². The van der Waals surface area contributed by atoms with E-state index in [0.717, 1.165) is 17.8 Å². The first-order chi connectivity index (χ1) is 12.8. The summed E-state index contributed by atoms with van der Waals surface area (Å²) in [4.78, 5) is 26.1. The highest BCUT2D eigenvalue weighted by Crippen LogP contribution is 2.29. The Kier molecular flexibility index (Phi) is 5.34. The van der Waals surface area contributed by atoms with Gasteiger partial charge in [0.05, 0.1) is 5.56 Å². The summed E-state index contributed by atoms with van der Waals surface area (Å²) in [6, 6.07) is 12.6. The Labute approximate surface area is 154 Å². The fourth-order valence-electron chi connectivity index (χ4n) is 2.93. The van der Waals surface area contributed by atoms with Crippen molar-refractivity contribution >= 4 is 17.6 Å². The Morgan fingerprint density at radius 2 is 1.85 bits per heavy atom. The number of hydrogen-bond donors (Lipinski definition) is 2. The minimum absolute atomic E-state index is 0.0704. The second kappa shape index (κ2) is 7.69. The first-order valence-corrected chi connectivity index (χ1v) is 8.41. The lowest BCUT2D eigenvalue weighted by Gasteiger charge is -2.17. The van der Waals surface area contributed by atoms with Crippen LogP contribution < -0.4 is 15.5 Å². The van der Waals surface area contributed by atoms with Gasteiger partial charge in [-0.15, -0.1) is 0 Å². The SMILES string of the molecule is O=C(NCc1cccc(C(F)(F)F)c1)NC1CCN(c2ccccc2)C1=O. The number of hydrogen-bond acceptors (Lipinski definition) is 2. The zero-order chi connectivity index (χ0) is 19.4. The number of amides is 3. The molecule has 2 aromatic rings. The first kappa shape index (κ1) is 18.8. The van der Waals surface area contributed by atoms with Crippen molar-refractivity contribution in [2.75, 3.05) is 11.4 Å². The number of nitrogens with one attached hydrogen (secondary N) is 2. The third-order valence-electron chi connectivity index (χ3n) is 4.29. The Morgan fingerprint density at radius 1 is 1.11 bits per heavy atom. The van der Waals surface area contributed by atoms with Crippen LogP contribution in [0.2, 0.25) is 0 Å². The molecular weight excluding hydrogens is 359 g/mol. The molecule has 2 aromatic carbocycles. The van der Waals surface area contributed by atoms with E-state index in [1.165, 1.54) is 12.1 Å². The average molecular weight is 377 g/mol. The fraction of sp³-hybridized carbons (Fsp3) is 0.263. The van der Waals surface area contributed by atoms with E-state index in [4.69, 9.17) is 0 Å². The van der Waals surface area contributed by atoms with Gasteiger partial charge in [-0.3, -0.25) is 4.79 Å². The van der Waals surface area contributed by atoms with Crippen LogP contribution in [0.15, 0.2) is 54.6 Å². The largest absolute Gasteiger partial charge is 0.416 e. The number of carbonyl (C=O) groups excluding carboxylic acids is 2. The summed E-state index contributed by atoms with van der Waals surface area (Å²) in [5.41, 5.74) is 0.312. The molecule has 2 N–H and O–H groups in total. The Hall–Kier alpha value is -3.03. The number of benzene rings is 2. The predicted octanol–water partition coefficient (Wildman–Crippen LogP) is 3.31. The van der Waals surface area contributed by atoms with Gasteiger partial charge in [-0.05, 0) is 36.2 Å². The zero-order valence-corrected chi connectivity index (χ0v) is 14.3. The van der Waals surface area contributed by atoms with E-state index in [2.05, 4.69) is 10.6 Å². The van der Waals surface area contributed by atoms with Crippen LogP contribution in [0.3, 0.4) is 0 Å². The minimum Gasteiger partial charge on any atom is -0.334 e. The smallest absolute Gasteiger partial charge is 0.334 e. The van der Waals surface area contributed by atoms with E-state index in [0.29, 0.717) is 18.5 Å². The molecule has 1 unspecified atom stereocenters. The summed E-state index contributed by atoms with van der Waals surface area (Å²) in [6.07, 6.45) is -3.97. The Morgan fingerprint density at radius 3 is 2.56 bits per heavy atom. The number of urea groups is 1. The third-order valence-corrected chi connectivity index (χ3v) is 4.29. The van der Waals surface area contributed by atoms with Crippen LogP contribution in [0.5, 0.6) is 0 Å². The highest BCUT2D eigenvalue weighted by Gasteiger charge is 2.33. The van der Waals surface area contributed by atoms with Gasteiger partial charge in [0.2, 0.25) is 5.91 Å². The Bertz CT molecular complexity index is 824. The molecule has 5 nitrogen and oxygen atoms in total. The highest BCUT2D eigenvalue weighted by molar-refractivity contribution is 6.01. The topological polar surface area (TPSA) is 61.4 Å². The standard InChI is InChI=1S/C19H18F3N3O2/c20-19(21,22)14-6-4-5-13(11-14)12-23-18(27)24-16-9-10-25(17(16)26)15-7-2-1-3-8-15/h1-8,11,16H,9-10,12H2,(H2,23,24,27). The molecule has 0 spiro atoms. The van der Waals surface area contributed by atoms with E-state index < -0.39 is 23.8 Å². The average Bonchev–Trinajstić information content (AvgIpc) is 3.01. The Balaban J connectivity index is 1.54. The van der Waals surface area contributed by atoms with Crippen LogP contribution in [0.25, 0.3) is 0 Å². The molecular formula is C19H18F3N3O2. The van der Waals surface area contributed by atoms with Crippen molar-refractivity contribution in [3.63, 3.8) is 0 Å². The molecule has 27 heavy (non-hydrogen) atoms. The summed E-state index contributed by atoms with van der Waals surface area (Å²) < 4.78 is 38.1. The number of carbonyl (C=O) groups is 2. The van der Waals surface area contributed by atoms with Gasteiger partial charge >= 0.3 is 12.2 Å². The molecule has 0 radical (unpaired) electrons. The number of anilines is 1. The van der Waals surface area contributed by atoms with Crippen molar-refractivity contribution in [2.24, 2.45) is 0 Å². The summed E-state index contributed by atoms with van der Waals surface area (Å²) in [5.74, 6) is -0.213. The maximum absolute atomic E-state index is 12.7. The minimum atomic E-state index is -4.44. The van der Waals surface area contributed by atoms with Gasteiger partial charge in [0.15, 0.2) is 0 Å². The van der Waals surface area contributed by atoms with Gasteiger partial charge in [-0.25, -0.2) is 4.79 Å². The second-order valence-electron chi connectivity index (χ2n) is 6.19. The van der Waals surface area contributed by atoms with Crippen molar-refractivity contribution in [3.05, 3.63) is 65.7 Å². The number of rotatable bonds is 4. The molecule has 1 heterocycles. The highest BCUT2D eigenvalue weighted by atomic mass is 19.4. The molecule has 0 aromatic heterocycles. The normalized spacial score (nSPS) is 17.1. The van der Waals surface area contributed by atoms with E-state index in [1.54, 1.807) is 4.90 Å². The molecule has 3 rings (SSSR count). The van der Waals surface area contributed by atoms with Crippen LogP contribution in [-0.4, -0.2) is 24.5 Å². The molecule has 0 aliphatic carbocycles. The van der Waals surface area contributed by atoms with E-state index in [1.807, 2.05) is 30.3 Å². The van der Waals surface area contributed by atoms with Crippen molar-refractivity contribution in [3.8, 4) is 0 Å². The molecule has 1 fully saturated rings. The van der Waals surface area contributed by atoms with Crippen molar-refractivity contribution in [2.45, 2.75) is 25.2 Å². The van der Waals surface area contributed by atoms with E-state index >= 15 is 0 Å². The summed E-state index contributed by atoms with van der Waals surface area (Å²) in [6.45, 7) is 0.417. The molecule has 3 amide bonds. The zero-order valence-electron chi connectivity index (χ0n) is 14.3. The third kappa shape index (κ3) is 4.58. The molecule has 142 valence electrons.